The molecule has 0 radical (unpaired) electrons. The van der Waals surface area contributed by atoms with Crippen molar-refractivity contribution in [1.29, 1.82) is 0 Å². The molecular formula is C24H18N2. The first-order valence-corrected chi connectivity index (χ1v) is 8.58. The van der Waals surface area contributed by atoms with Crippen LogP contribution >= 0.6 is 0 Å². The van der Waals surface area contributed by atoms with Crippen LogP contribution in [-0.2, 0) is 0 Å². The second-order valence-electron chi connectivity index (χ2n) is 6.18. The van der Waals surface area contributed by atoms with E-state index in [1.165, 1.54) is 5.56 Å². The number of nitrogens with zero attached hydrogens (tertiary/aromatic N) is 1. The van der Waals surface area contributed by atoms with E-state index < -0.39 is 0 Å². The van der Waals surface area contributed by atoms with Crippen LogP contribution in [0.2, 0.25) is 0 Å². The first-order chi connectivity index (χ1) is 12.8. The highest BCUT2D eigenvalue weighted by molar-refractivity contribution is 5.92. The summed E-state index contributed by atoms with van der Waals surface area (Å²) in [6.07, 6.45) is 1.89. The Morgan fingerprint density at radius 3 is 2.31 bits per heavy atom. The van der Waals surface area contributed by atoms with E-state index in [-0.39, 0.29) is 0 Å². The van der Waals surface area contributed by atoms with Gasteiger partial charge in [-0.1, -0.05) is 72.0 Å². The molecule has 4 rings (SSSR count). The Balaban J connectivity index is 1.82. The zero-order chi connectivity index (χ0) is 17.8. The number of pyridine rings is 1. The monoisotopic (exact) mass is 334 g/mol. The Morgan fingerprint density at radius 2 is 1.50 bits per heavy atom. The molecule has 0 unspecified atom stereocenters. The Kier molecular flexibility index (Phi) is 4.37. The summed E-state index contributed by atoms with van der Waals surface area (Å²) in [6, 6.07) is 26.5. The van der Waals surface area contributed by atoms with Gasteiger partial charge in [-0.25, -0.2) is 4.98 Å². The van der Waals surface area contributed by atoms with Gasteiger partial charge in [-0.15, -0.1) is 0 Å². The highest BCUT2D eigenvalue weighted by Gasteiger charge is 2.07. The molecule has 2 nitrogen and oxygen atoms in total. The predicted molar refractivity (Wildman–Crippen MR) is 109 cm³/mol. The number of aryl methyl sites for hydroxylation is 1. The van der Waals surface area contributed by atoms with Gasteiger partial charge in [-0.3, -0.25) is 0 Å². The smallest absolute Gasteiger partial charge is 0.146 e. The van der Waals surface area contributed by atoms with Crippen molar-refractivity contribution in [2.75, 3.05) is 5.32 Å². The van der Waals surface area contributed by atoms with Gasteiger partial charge in [0.25, 0.3) is 0 Å². The summed E-state index contributed by atoms with van der Waals surface area (Å²) in [5, 5.41) is 5.59. The van der Waals surface area contributed by atoms with Crippen molar-refractivity contribution in [2.24, 2.45) is 0 Å². The molecule has 0 spiro atoms. The van der Waals surface area contributed by atoms with Crippen molar-refractivity contribution in [2.45, 2.75) is 6.92 Å². The summed E-state index contributed by atoms with van der Waals surface area (Å²) in [7, 11) is 0. The molecule has 0 saturated heterocycles. The molecule has 0 aliphatic heterocycles. The molecular weight excluding hydrogens is 316 g/mol. The number of fused-ring (bicyclic) bond motifs is 1. The summed E-state index contributed by atoms with van der Waals surface area (Å²) < 4.78 is 0. The molecule has 2 heteroatoms. The maximum absolute atomic E-state index is 4.62. The number of nitrogens with one attached hydrogen (secondary N) is 1. The van der Waals surface area contributed by atoms with Gasteiger partial charge in [-0.05, 0) is 31.2 Å². The average Bonchev–Trinajstić information content (AvgIpc) is 2.69. The fraction of sp³-hybridized carbons (Fsp3) is 0.0417. The van der Waals surface area contributed by atoms with Gasteiger partial charge < -0.3 is 5.32 Å². The summed E-state index contributed by atoms with van der Waals surface area (Å²) in [4.78, 5) is 4.62. The maximum Gasteiger partial charge on any atom is 0.146 e. The van der Waals surface area contributed by atoms with Gasteiger partial charge in [0.2, 0.25) is 0 Å². The fourth-order valence-corrected chi connectivity index (χ4v) is 2.81. The summed E-state index contributed by atoms with van der Waals surface area (Å²) in [5.41, 5.74) is 4.13. The normalized spacial score (nSPS) is 10.2. The van der Waals surface area contributed by atoms with E-state index in [1.807, 2.05) is 48.7 Å². The quantitative estimate of drug-likeness (QED) is 0.477. The van der Waals surface area contributed by atoms with Gasteiger partial charge >= 0.3 is 0 Å². The van der Waals surface area contributed by atoms with E-state index in [2.05, 4.69) is 65.5 Å². The highest BCUT2D eigenvalue weighted by atomic mass is 15.0. The second kappa shape index (κ2) is 7.13. The molecule has 0 amide bonds. The van der Waals surface area contributed by atoms with Crippen LogP contribution in [0.4, 0.5) is 11.5 Å². The summed E-state index contributed by atoms with van der Waals surface area (Å²) >= 11 is 0. The Hall–Kier alpha value is -3.57. The topological polar surface area (TPSA) is 24.9 Å². The lowest BCUT2D eigenvalue weighted by Gasteiger charge is -2.10. The zero-order valence-electron chi connectivity index (χ0n) is 14.5. The van der Waals surface area contributed by atoms with Gasteiger partial charge in [0, 0.05) is 28.2 Å². The SMILES string of the molecule is Cc1ccc(Nc2ncc3ccccc3c2C#Cc2ccccc2)cc1. The summed E-state index contributed by atoms with van der Waals surface area (Å²) in [5.74, 6) is 7.36. The van der Waals surface area contributed by atoms with Crippen molar-refractivity contribution in [3.05, 3.63) is 102 Å². The van der Waals surface area contributed by atoms with E-state index >= 15 is 0 Å². The first-order valence-electron chi connectivity index (χ1n) is 8.58. The van der Waals surface area contributed by atoms with Gasteiger partial charge in [0.15, 0.2) is 0 Å². The van der Waals surface area contributed by atoms with Crippen molar-refractivity contribution >= 4 is 22.3 Å². The third-order valence-electron chi connectivity index (χ3n) is 4.22. The van der Waals surface area contributed by atoms with Crippen LogP contribution in [0.15, 0.2) is 85.1 Å². The van der Waals surface area contributed by atoms with Crippen LogP contribution in [-0.4, -0.2) is 4.98 Å². The molecule has 4 aromatic rings. The molecule has 3 aromatic carbocycles. The van der Waals surface area contributed by atoms with Crippen LogP contribution in [0, 0.1) is 18.8 Å². The van der Waals surface area contributed by atoms with E-state index in [0.717, 1.165) is 33.4 Å². The standard InChI is InChI=1S/C24H18N2/c1-18-11-14-21(15-12-18)26-24-23(16-13-19-7-3-2-4-8-19)22-10-6-5-9-20(22)17-25-24/h2-12,14-15,17H,1H3,(H,25,26). The minimum absolute atomic E-state index is 0.774. The van der Waals surface area contributed by atoms with Crippen molar-refractivity contribution in [3.63, 3.8) is 0 Å². The predicted octanol–water partition coefficient (Wildman–Crippen LogP) is 5.69. The second-order valence-corrected chi connectivity index (χ2v) is 6.18. The van der Waals surface area contributed by atoms with Crippen LogP contribution in [0.25, 0.3) is 10.8 Å². The average molecular weight is 334 g/mol. The van der Waals surface area contributed by atoms with Gasteiger partial charge in [0.05, 0.1) is 5.56 Å². The minimum Gasteiger partial charge on any atom is -0.339 e. The molecule has 124 valence electrons. The molecule has 1 aromatic heterocycles. The molecule has 0 aliphatic rings. The summed E-state index contributed by atoms with van der Waals surface area (Å²) in [6.45, 7) is 2.08. The van der Waals surface area contributed by atoms with E-state index in [9.17, 15) is 0 Å². The van der Waals surface area contributed by atoms with Crippen LogP contribution in [0.1, 0.15) is 16.7 Å². The van der Waals surface area contributed by atoms with Crippen molar-refractivity contribution in [3.8, 4) is 11.8 Å². The molecule has 0 saturated carbocycles. The van der Waals surface area contributed by atoms with Crippen LogP contribution in [0.3, 0.4) is 0 Å². The van der Waals surface area contributed by atoms with E-state index in [1.54, 1.807) is 0 Å². The number of aromatic nitrogens is 1. The van der Waals surface area contributed by atoms with Gasteiger partial charge in [-0.2, -0.15) is 0 Å². The lowest BCUT2D eigenvalue weighted by Crippen LogP contribution is -1.98. The van der Waals surface area contributed by atoms with Crippen molar-refractivity contribution in [1.82, 2.24) is 4.98 Å². The van der Waals surface area contributed by atoms with E-state index in [4.69, 9.17) is 0 Å². The maximum atomic E-state index is 4.62. The Morgan fingerprint density at radius 1 is 0.769 bits per heavy atom. The number of hydrogen-bond donors (Lipinski definition) is 1. The van der Waals surface area contributed by atoms with Crippen LogP contribution < -0.4 is 5.32 Å². The minimum atomic E-state index is 0.774. The molecule has 0 fully saturated rings. The molecule has 1 N–H and O–H groups in total. The number of benzene rings is 3. The molecule has 1 heterocycles. The molecule has 0 atom stereocenters. The lowest BCUT2D eigenvalue weighted by atomic mass is 10.1. The highest BCUT2D eigenvalue weighted by Crippen LogP contribution is 2.26. The Bertz CT molecular complexity index is 1100. The third-order valence-corrected chi connectivity index (χ3v) is 4.22. The largest absolute Gasteiger partial charge is 0.339 e. The third kappa shape index (κ3) is 3.43. The molecule has 26 heavy (non-hydrogen) atoms. The first kappa shape index (κ1) is 15.9. The lowest BCUT2D eigenvalue weighted by molar-refractivity contribution is 1.32. The molecule has 0 aliphatic carbocycles. The fourth-order valence-electron chi connectivity index (χ4n) is 2.81. The number of rotatable bonds is 2. The van der Waals surface area contributed by atoms with E-state index in [0.29, 0.717) is 0 Å². The van der Waals surface area contributed by atoms with Crippen LogP contribution in [0.5, 0.6) is 0 Å². The number of hydrogen-bond acceptors (Lipinski definition) is 2. The zero-order valence-corrected chi connectivity index (χ0v) is 14.5. The Labute approximate surface area is 153 Å². The van der Waals surface area contributed by atoms with Crippen molar-refractivity contribution < 1.29 is 0 Å². The molecule has 0 bridgehead atoms. The van der Waals surface area contributed by atoms with Gasteiger partial charge in [0.1, 0.15) is 5.82 Å². The number of anilines is 2.